The highest BCUT2D eigenvalue weighted by atomic mass is 16.5. The molecule has 0 heterocycles. The second kappa shape index (κ2) is 6.26. The Morgan fingerprint density at radius 2 is 2.22 bits per heavy atom. The lowest BCUT2D eigenvalue weighted by atomic mass is 10.1. The predicted molar refractivity (Wildman–Crippen MR) is 71.8 cm³/mol. The van der Waals surface area contributed by atoms with Crippen LogP contribution in [-0.4, -0.2) is 37.9 Å². The average Bonchev–Trinajstić information content (AvgIpc) is 2.35. The highest BCUT2D eigenvalue weighted by Gasteiger charge is 2.12. The van der Waals surface area contributed by atoms with Gasteiger partial charge in [-0.15, -0.1) is 0 Å². The minimum atomic E-state index is -0.446. The Labute approximate surface area is 107 Å². The smallest absolute Gasteiger partial charge is 0.340 e. The molecule has 0 radical (unpaired) electrons. The number of methoxy groups -OCH3 is 1. The number of nitrogens with zero attached hydrogens (tertiary/aromatic N) is 1. The highest BCUT2D eigenvalue weighted by molar-refractivity contribution is 5.96. The van der Waals surface area contributed by atoms with Crippen molar-refractivity contribution in [1.82, 2.24) is 0 Å². The van der Waals surface area contributed by atoms with Crippen LogP contribution >= 0.6 is 0 Å². The molecule has 0 amide bonds. The molecule has 0 aliphatic carbocycles. The van der Waals surface area contributed by atoms with Crippen molar-refractivity contribution in [2.45, 2.75) is 19.4 Å². The van der Waals surface area contributed by atoms with Crippen molar-refractivity contribution >= 4 is 17.3 Å². The molecule has 3 N–H and O–H groups in total. The van der Waals surface area contributed by atoms with Gasteiger partial charge in [0.2, 0.25) is 0 Å². The van der Waals surface area contributed by atoms with E-state index in [9.17, 15) is 9.90 Å². The van der Waals surface area contributed by atoms with Gasteiger partial charge in [-0.25, -0.2) is 4.79 Å². The van der Waals surface area contributed by atoms with E-state index in [1.165, 1.54) is 7.11 Å². The third-order valence-electron chi connectivity index (χ3n) is 2.77. The van der Waals surface area contributed by atoms with Gasteiger partial charge in [-0.1, -0.05) is 0 Å². The molecule has 0 aliphatic rings. The number of carbonyl (C=O) groups excluding carboxylic acids is 1. The summed E-state index contributed by atoms with van der Waals surface area (Å²) >= 11 is 0. The van der Waals surface area contributed by atoms with Gasteiger partial charge >= 0.3 is 5.97 Å². The van der Waals surface area contributed by atoms with Gasteiger partial charge in [-0.3, -0.25) is 0 Å². The fourth-order valence-corrected chi connectivity index (χ4v) is 1.58. The zero-order chi connectivity index (χ0) is 13.7. The van der Waals surface area contributed by atoms with E-state index in [4.69, 9.17) is 5.73 Å². The average molecular weight is 252 g/mol. The molecule has 0 saturated heterocycles. The van der Waals surface area contributed by atoms with Gasteiger partial charge < -0.3 is 20.5 Å². The summed E-state index contributed by atoms with van der Waals surface area (Å²) in [5.41, 5.74) is 7.35. The van der Waals surface area contributed by atoms with E-state index in [1.54, 1.807) is 19.1 Å². The number of aliphatic hydroxyl groups is 1. The molecule has 0 saturated carbocycles. The maximum atomic E-state index is 11.5. The number of aliphatic hydroxyl groups excluding tert-OH is 1. The van der Waals surface area contributed by atoms with Crippen LogP contribution < -0.4 is 10.6 Å². The van der Waals surface area contributed by atoms with E-state index in [2.05, 4.69) is 4.74 Å². The molecule has 0 aromatic heterocycles. The van der Waals surface area contributed by atoms with Crippen molar-refractivity contribution in [1.29, 1.82) is 0 Å². The number of esters is 1. The number of hydrogen-bond donors (Lipinski definition) is 2. The summed E-state index contributed by atoms with van der Waals surface area (Å²) in [6.45, 7) is 2.44. The Balaban J connectivity index is 2.87. The molecule has 0 spiro atoms. The molecular formula is C13H20N2O3. The van der Waals surface area contributed by atoms with Crippen LogP contribution in [0.4, 0.5) is 11.4 Å². The highest BCUT2D eigenvalue weighted by Crippen LogP contribution is 2.21. The summed E-state index contributed by atoms with van der Waals surface area (Å²) in [5, 5.41) is 9.25. The first-order valence-electron chi connectivity index (χ1n) is 5.82. The molecule has 1 unspecified atom stereocenters. The van der Waals surface area contributed by atoms with E-state index in [0.29, 0.717) is 24.2 Å². The van der Waals surface area contributed by atoms with Crippen LogP contribution in [0.2, 0.25) is 0 Å². The number of benzene rings is 1. The Morgan fingerprint density at radius 1 is 1.56 bits per heavy atom. The molecule has 5 nitrogen and oxygen atoms in total. The molecule has 1 rings (SSSR count). The molecule has 100 valence electrons. The predicted octanol–water partition coefficient (Wildman–Crippen LogP) is 1.26. The Morgan fingerprint density at radius 3 is 2.78 bits per heavy atom. The van der Waals surface area contributed by atoms with E-state index >= 15 is 0 Å². The molecule has 1 atom stereocenters. The van der Waals surface area contributed by atoms with Gasteiger partial charge in [0.1, 0.15) is 0 Å². The van der Waals surface area contributed by atoms with E-state index in [0.717, 1.165) is 5.69 Å². The summed E-state index contributed by atoms with van der Waals surface area (Å²) in [6.07, 6.45) is 0.315. The van der Waals surface area contributed by atoms with Gasteiger partial charge in [-0.2, -0.15) is 0 Å². The number of nitrogens with two attached hydrogens (primary N) is 1. The molecule has 0 aliphatic heterocycles. The summed E-state index contributed by atoms with van der Waals surface area (Å²) in [7, 11) is 3.22. The van der Waals surface area contributed by atoms with Crippen LogP contribution in [0, 0.1) is 0 Å². The molecule has 18 heavy (non-hydrogen) atoms. The van der Waals surface area contributed by atoms with E-state index in [1.807, 2.05) is 18.0 Å². The number of anilines is 2. The zero-order valence-corrected chi connectivity index (χ0v) is 11.0. The summed E-state index contributed by atoms with van der Waals surface area (Å²) < 4.78 is 4.67. The minimum Gasteiger partial charge on any atom is -0.465 e. The normalized spacial score (nSPS) is 12.0. The minimum absolute atomic E-state index is 0.346. The number of hydrogen-bond acceptors (Lipinski definition) is 5. The van der Waals surface area contributed by atoms with Crippen molar-refractivity contribution in [3.05, 3.63) is 23.8 Å². The topological polar surface area (TPSA) is 75.8 Å². The van der Waals surface area contributed by atoms with Gasteiger partial charge in [-0.05, 0) is 31.5 Å². The first-order chi connectivity index (χ1) is 8.45. The second-order valence-electron chi connectivity index (χ2n) is 4.32. The molecule has 0 fully saturated rings. The largest absolute Gasteiger partial charge is 0.465 e. The molecule has 5 heteroatoms. The van der Waals surface area contributed by atoms with Crippen molar-refractivity contribution in [3.8, 4) is 0 Å². The van der Waals surface area contributed by atoms with Crippen LogP contribution in [0.3, 0.4) is 0 Å². The van der Waals surface area contributed by atoms with Crippen LogP contribution in [0.15, 0.2) is 18.2 Å². The SMILES string of the molecule is COC(=O)c1cc(N(C)CCC(C)O)ccc1N. The quantitative estimate of drug-likeness (QED) is 0.609. The maximum Gasteiger partial charge on any atom is 0.340 e. The number of ether oxygens (including phenoxy) is 1. The number of rotatable bonds is 5. The molecule has 1 aromatic carbocycles. The van der Waals surface area contributed by atoms with Gasteiger partial charge in [0.05, 0.1) is 18.8 Å². The summed E-state index contributed by atoms with van der Waals surface area (Å²) in [4.78, 5) is 13.5. The van der Waals surface area contributed by atoms with Crippen LogP contribution in [0.1, 0.15) is 23.7 Å². The van der Waals surface area contributed by atoms with Crippen molar-refractivity contribution < 1.29 is 14.6 Å². The summed E-state index contributed by atoms with van der Waals surface area (Å²) in [6, 6.07) is 5.22. The van der Waals surface area contributed by atoms with Crippen LogP contribution in [0.25, 0.3) is 0 Å². The molecular weight excluding hydrogens is 232 g/mol. The Bertz CT molecular complexity index is 419. The monoisotopic (exact) mass is 252 g/mol. The van der Waals surface area contributed by atoms with Crippen molar-refractivity contribution in [3.63, 3.8) is 0 Å². The molecule has 0 bridgehead atoms. The second-order valence-corrected chi connectivity index (χ2v) is 4.32. The lowest BCUT2D eigenvalue weighted by Crippen LogP contribution is -2.22. The lowest BCUT2D eigenvalue weighted by molar-refractivity contribution is 0.0602. The zero-order valence-electron chi connectivity index (χ0n) is 11.0. The third kappa shape index (κ3) is 3.63. The Kier molecular flexibility index (Phi) is 4.97. The first kappa shape index (κ1) is 14.3. The fourth-order valence-electron chi connectivity index (χ4n) is 1.58. The fraction of sp³-hybridized carbons (Fsp3) is 0.462. The first-order valence-corrected chi connectivity index (χ1v) is 5.82. The van der Waals surface area contributed by atoms with Crippen LogP contribution in [0.5, 0.6) is 0 Å². The van der Waals surface area contributed by atoms with Gasteiger partial charge in [0.25, 0.3) is 0 Å². The van der Waals surface area contributed by atoms with Crippen molar-refractivity contribution in [2.24, 2.45) is 0 Å². The number of carbonyl (C=O) groups is 1. The maximum absolute atomic E-state index is 11.5. The van der Waals surface area contributed by atoms with E-state index < -0.39 is 5.97 Å². The van der Waals surface area contributed by atoms with Crippen LogP contribution in [-0.2, 0) is 4.74 Å². The lowest BCUT2D eigenvalue weighted by Gasteiger charge is -2.21. The molecule has 1 aromatic rings. The Hall–Kier alpha value is -1.75. The number of nitrogen functional groups attached to an aromatic ring is 1. The van der Waals surface area contributed by atoms with Gasteiger partial charge in [0.15, 0.2) is 0 Å². The summed E-state index contributed by atoms with van der Waals surface area (Å²) in [5.74, 6) is -0.446. The van der Waals surface area contributed by atoms with Gasteiger partial charge in [0, 0.05) is 25.0 Å². The van der Waals surface area contributed by atoms with Crippen molar-refractivity contribution in [2.75, 3.05) is 31.3 Å². The third-order valence-corrected chi connectivity index (χ3v) is 2.77. The van der Waals surface area contributed by atoms with E-state index in [-0.39, 0.29) is 6.10 Å². The standard InChI is InChI=1S/C13H20N2O3/c1-9(16)6-7-15(2)10-4-5-12(14)11(8-10)13(17)18-3/h4-5,8-9,16H,6-7,14H2,1-3H3.